The summed E-state index contributed by atoms with van der Waals surface area (Å²) in [5.74, 6) is 2.51. The molecule has 2 heterocycles. The van der Waals surface area contributed by atoms with Gasteiger partial charge in [-0.3, -0.25) is 4.90 Å². The van der Waals surface area contributed by atoms with Crippen molar-refractivity contribution in [3.05, 3.63) is 0 Å². The maximum atomic E-state index is 5.90. The molecule has 4 nitrogen and oxygen atoms in total. The smallest absolute Gasteiger partial charge is 0.0935 e. The van der Waals surface area contributed by atoms with E-state index in [-0.39, 0.29) is 6.10 Å². The Kier molecular flexibility index (Phi) is 9.02. The molecule has 0 aromatic carbocycles. The highest BCUT2D eigenvalue weighted by Crippen LogP contribution is 2.24. The summed E-state index contributed by atoms with van der Waals surface area (Å²) in [5.41, 5.74) is 0. The van der Waals surface area contributed by atoms with E-state index in [0.717, 1.165) is 57.1 Å². The number of ether oxygens (including phenoxy) is 2. The molecule has 2 rings (SSSR count). The van der Waals surface area contributed by atoms with Crippen LogP contribution in [0.25, 0.3) is 0 Å². The molecule has 2 saturated heterocycles. The van der Waals surface area contributed by atoms with Crippen molar-refractivity contribution in [3.63, 3.8) is 0 Å². The summed E-state index contributed by atoms with van der Waals surface area (Å²) < 4.78 is 11.7. The quantitative estimate of drug-likeness (QED) is 0.602. The second-order valence-corrected chi connectivity index (χ2v) is 8.50. The Bertz CT molecular complexity index is 328. The molecule has 0 radical (unpaired) electrons. The Morgan fingerprint density at radius 3 is 2.46 bits per heavy atom. The van der Waals surface area contributed by atoms with Crippen LogP contribution < -0.4 is 0 Å². The van der Waals surface area contributed by atoms with E-state index in [9.17, 15) is 0 Å². The molecular formula is C20H40N2O2. The molecule has 0 aliphatic carbocycles. The summed E-state index contributed by atoms with van der Waals surface area (Å²) in [6.45, 7) is 18.8. The van der Waals surface area contributed by atoms with Crippen molar-refractivity contribution in [2.45, 2.75) is 53.1 Å². The molecule has 0 saturated carbocycles. The van der Waals surface area contributed by atoms with Gasteiger partial charge in [-0.05, 0) is 50.1 Å². The second kappa shape index (κ2) is 10.7. The summed E-state index contributed by atoms with van der Waals surface area (Å²) in [6.07, 6.45) is 4.16. The van der Waals surface area contributed by atoms with Crippen molar-refractivity contribution in [3.8, 4) is 0 Å². The maximum absolute atomic E-state index is 5.90. The second-order valence-electron chi connectivity index (χ2n) is 8.50. The molecule has 24 heavy (non-hydrogen) atoms. The molecule has 0 unspecified atom stereocenters. The number of rotatable bonds is 9. The minimum atomic E-state index is 0.263. The van der Waals surface area contributed by atoms with E-state index in [1.807, 2.05) is 0 Å². The monoisotopic (exact) mass is 340 g/mol. The van der Waals surface area contributed by atoms with Gasteiger partial charge in [0.1, 0.15) is 0 Å². The third-order valence-electron chi connectivity index (χ3n) is 5.49. The predicted molar refractivity (Wildman–Crippen MR) is 100 cm³/mol. The number of likely N-dealkylation sites (tertiary alicyclic amines) is 1. The molecule has 0 aromatic heterocycles. The average molecular weight is 341 g/mol. The molecule has 0 amide bonds. The standard InChI is InChI=1S/C20H40N2O2/c1-17(2)14-22-11-13-24-20(15-22)16-23-12-5-8-21-9-6-19(7-10-21)18(3)4/h17-20H,5-16H2,1-4H3/t20-/m0/s1. The minimum Gasteiger partial charge on any atom is -0.379 e. The van der Waals surface area contributed by atoms with Gasteiger partial charge in [-0.25, -0.2) is 0 Å². The van der Waals surface area contributed by atoms with E-state index >= 15 is 0 Å². The highest BCUT2D eigenvalue weighted by molar-refractivity contribution is 4.74. The van der Waals surface area contributed by atoms with Crippen LogP contribution in [-0.4, -0.2) is 75.0 Å². The molecule has 0 N–H and O–H groups in total. The maximum Gasteiger partial charge on any atom is 0.0935 e. The van der Waals surface area contributed by atoms with Crippen LogP contribution in [0.2, 0.25) is 0 Å². The lowest BCUT2D eigenvalue weighted by Crippen LogP contribution is -2.45. The van der Waals surface area contributed by atoms with E-state index in [2.05, 4.69) is 37.5 Å². The number of hydrogen-bond donors (Lipinski definition) is 0. The fourth-order valence-electron chi connectivity index (χ4n) is 4.01. The van der Waals surface area contributed by atoms with Gasteiger partial charge >= 0.3 is 0 Å². The molecule has 142 valence electrons. The first kappa shape index (κ1) is 20.2. The van der Waals surface area contributed by atoms with Crippen molar-refractivity contribution in [2.75, 3.05) is 59.1 Å². The fraction of sp³-hybridized carbons (Fsp3) is 1.00. The first-order valence-corrected chi connectivity index (χ1v) is 10.2. The molecule has 2 aliphatic heterocycles. The van der Waals surface area contributed by atoms with Crippen LogP contribution >= 0.6 is 0 Å². The van der Waals surface area contributed by atoms with Gasteiger partial charge < -0.3 is 14.4 Å². The van der Waals surface area contributed by atoms with Crippen LogP contribution in [-0.2, 0) is 9.47 Å². The van der Waals surface area contributed by atoms with Gasteiger partial charge in [0.05, 0.1) is 19.3 Å². The van der Waals surface area contributed by atoms with E-state index in [1.54, 1.807) is 0 Å². The number of nitrogens with zero attached hydrogens (tertiary/aromatic N) is 2. The highest BCUT2D eigenvalue weighted by atomic mass is 16.5. The summed E-state index contributed by atoms with van der Waals surface area (Å²) in [4.78, 5) is 5.13. The number of hydrogen-bond acceptors (Lipinski definition) is 4. The Labute approximate surface area is 149 Å². The molecule has 2 aliphatic rings. The normalized spacial score (nSPS) is 25.0. The third-order valence-corrected chi connectivity index (χ3v) is 5.49. The summed E-state index contributed by atoms with van der Waals surface area (Å²) in [7, 11) is 0. The van der Waals surface area contributed by atoms with Crippen LogP contribution in [0.5, 0.6) is 0 Å². The SMILES string of the molecule is CC(C)CN1CCO[C@H](COCCCN2CCC(C(C)C)CC2)C1. The summed E-state index contributed by atoms with van der Waals surface area (Å²) in [6, 6.07) is 0. The van der Waals surface area contributed by atoms with Gasteiger partial charge in [0.15, 0.2) is 0 Å². The van der Waals surface area contributed by atoms with Crippen molar-refractivity contribution in [1.82, 2.24) is 9.80 Å². The lowest BCUT2D eigenvalue weighted by atomic mass is 9.87. The highest BCUT2D eigenvalue weighted by Gasteiger charge is 2.22. The first-order chi connectivity index (χ1) is 11.5. The zero-order chi connectivity index (χ0) is 17.4. The Hall–Kier alpha value is -0.160. The largest absolute Gasteiger partial charge is 0.379 e. The Morgan fingerprint density at radius 1 is 1.04 bits per heavy atom. The molecule has 0 bridgehead atoms. The zero-order valence-electron chi connectivity index (χ0n) is 16.5. The topological polar surface area (TPSA) is 24.9 Å². The van der Waals surface area contributed by atoms with Gasteiger partial charge in [-0.2, -0.15) is 0 Å². The summed E-state index contributed by atoms with van der Waals surface area (Å²) >= 11 is 0. The van der Waals surface area contributed by atoms with E-state index in [0.29, 0.717) is 0 Å². The summed E-state index contributed by atoms with van der Waals surface area (Å²) in [5, 5.41) is 0. The van der Waals surface area contributed by atoms with Gasteiger partial charge in [0.2, 0.25) is 0 Å². The van der Waals surface area contributed by atoms with Crippen LogP contribution in [0.3, 0.4) is 0 Å². The number of piperidine rings is 1. The fourth-order valence-corrected chi connectivity index (χ4v) is 4.01. The van der Waals surface area contributed by atoms with Gasteiger partial charge in [0.25, 0.3) is 0 Å². The molecular weight excluding hydrogens is 300 g/mol. The Balaban J connectivity index is 1.49. The lowest BCUT2D eigenvalue weighted by molar-refractivity contribution is -0.0717. The molecule has 1 atom stereocenters. The minimum absolute atomic E-state index is 0.263. The van der Waals surface area contributed by atoms with Crippen LogP contribution in [0.1, 0.15) is 47.0 Å². The first-order valence-electron chi connectivity index (χ1n) is 10.2. The molecule has 4 heteroatoms. The lowest BCUT2D eigenvalue weighted by Gasteiger charge is -2.34. The van der Waals surface area contributed by atoms with Crippen LogP contribution in [0.15, 0.2) is 0 Å². The molecule has 0 spiro atoms. The zero-order valence-corrected chi connectivity index (χ0v) is 16.5. The van der Waals surface area contributed by atoms with Gasteiger partial charge in [0, 0.05) is 32.8 Å². The van der Waals surface area contributed by atoms with Crippen molar-refractivity contribution in [2.24, 2.45) is 17.8 Å². The van der Waals surface area contributed by atoms with Crippen LogP contribution in [0, 0.1) is 17.8 Å². The van der Waals surface area contributed by atoms with Crippen molar-refractivity contribution >= 4 is 0 Å². The molecule has 0 aromatic rings. The van der Waals surface area contributed by atoms with E-state index < -0.39 is 0 Å². The third kappa shape index (κ3) is 7.38. The van der Waals surface area contributed by atoms with Crippen LogP contribution in [0.4, 0.5) is 0 Å². The molecule has 2 fully saturated rings. The van der Waals surface area contributed by atoms with Gasteiger partial charge in [-0.15, -0.1) is 0 Å². The van der Waals surface area contributed by atoms with E-state index in [1.165, 1.54) is 39.0 Å². The van der Waals surface area contributed by atoms with E-state index in [4.69, 9.17) is 9.47 Å². The average Bonchev–Trinajstić information content (AvgIpc) is 2.55. The predicted octanol–water partition coefficient (Wildman–Crippen LogP) is 3.12. The van der Waals surface area contributed by atoms with Gasteiger partial charge in [-0.1, -0.05) is 27.7 Å². The van der Waals surface area contributed by atoms with Crippen molar-refractivity contribution < 1.29 is 9.47 Å². The Morgan fingerprint density at radius 2 is 1.79 bits per heavy atom. The number of morpholine rings is 1. The van der Waals surface area contributed by atoms with Crippen molar-refractivity contribution in [1.29, 1.82) is 0 Å².